The number of methoxy groups -OCH3 is 1. The molecule has 0 aliphatic carbocycles. The summed E-state index contributed by atoms with van der Waals surface area (Å²) in [4.78, 5) is 14.0. The van der Waals surface area contributed by atoms with Crippen LogP contribution >= 0.6 is 0 Å². The van der Waals surface area contributed by atoms with Crippen LogP contribution in [0.5, 0.6) is 5.75 Å². The average molecular weight is 247 g/mol. The number of benzene rings is 1. The summed E-state index contributed by atoms with van der Waals surface area (Å²) in [6, 6.07) is 6.77. The molecule has 0 fully saturated rings. The zero-order chi connectivity index (χ0) is 13.1. The van der Waals surface area contributed by atoms with Crippen LogP contribution in [0.1, 0.15) is 13.8 Å². The molecule has 0 saturated heterocycles. The zero-order valence-corrected chi connectivity index (χ0v) is 10.9. The Balaban J connectivity index is 2.62. The van der Waals surface area contributed by atoms with E-state index < -0.39 is 0 Å². The molecular weight excluding hydrogens is 230 g/mol. The minimum absolute atomic E-state index is 0.0270. The lowest BCUT2D eigenvalue weighted by Gasteiger charge is -2.19. The van der Waals surface area contributed by atoms with Gasteiger partial charge in [0, 0.05) is 25.2 Å². The van der Waals surface area contributed by atoms with E-state index in [4.69, 9.17) is 9.15 Å². The van der Waals surface area contributed by atoms with Crippen LogP contribution in [-0.4, -0.2) is 20.2 Å². The van der Waals surface area contributed by atoms with Crippen molar-refractivity contribution in [2.24, 2.45) is 0 Å². The Morgan fingerprint density at radius 1 is 1.22 bits per heavy atom. The summed E-state index contributed by atoms with van der Waals surface area (Å²) < 4.78 is 10.9. The van der Waals surface area contributed by atoms with Crippen LogP contribution < -0.4 is 15.1 Å². The van der Waals surface area contributed by atoms with Crippen molar-refractivity contribution in [2.45, 2.75) is 13.8 Å². The van der Waals surface area contributed by atoms with Crippen molar-refractivity contribution >= 4 is 16.9 Å². The molecule has 0 aliphatic heterocycles. The molecule has 1 aromatic carbocycles. The van der Waals surface area contributed by atoms with E-state index in [1.165, 1.54) is 0 Å². The van der Waals surface area contributed by atoms with E-state index in [9.17, 15) is 4.79 Å². The van der Waals surface area contributed by atoms with E-state index in [-0.39, 0.29) is 5.43 Å². The molecule has 2 rings (SSSR count). The van der Waals surface area contributed by atoms with Gasteiger partial charge in [0.05, 0.1) is 12.5 Å². The normalized spacial score (nSPS) is 10.6. The molecule has 0 spiro atoms. The van der Waals surface area contributed by atoms with E-state index in [1.807, 2.05) is 18.7 Å². The fourth-order valence-corrected chi connectivity index (χ4v) is 1.94. The second-order valence-electron chi connectivity index (χ2n) is 3.98. The number of hydrogen-bond donors (Lipinski definition) is 0. The standard InChI is InChI=1S/C14H17NO3/c1-4-15(5-2)14-9-12(16)11-7-6-10(17-3)8-13(11)18-14/h6-9H,4-5H2,1-3H3. The van der Waals surface area contributed by atoms with Gasteiger partial charge in [0.15, 0.2) is 11.3 Å². The van der Waals surface area contributed by atoms with Crippen LogP contribution in [0, 0.1) is 0 Å². The predicted octanol–water partition coefficient (Wildman–Crippen LogP) is 2.65. The zero-order valence-electron chi connectivity index (χ0n) is 10.9. The Morgan fingerprint density at radius 2 is 1.94 bits per heavy atom. The van der Waals surface area contributed by atoms with E-state index in [0.29, 0.717) is 22.6 Å². The van der Waals surface area contributed by atoms with Crippen molar-refractivity contribution < 1.29 is 9.15 Å². The molecule has 0 N–H and O–H groups in total. The van der Waals surface area contributed by atoms with Crippen LogP contribution in [0.4, 0.5) is 5.88 Å². The lowest BCUT2D eigenvalue weighted by Crippen LogP contribution is -2.23. The highest BCUT2D eigenvalue weighted by Gasteiger charge is 2.09. The first-order chi connectivity index (χ1) is 8.69. The highest BCUT2D eigenvalue weighted by atomic mass is 16.5. The maximum Gasteiger partial charge on any atom is 0.199 e. The van der Waals surface area contributed by atoms with Gasteiger partial charge in [-0.3, -0.25) is 4.79 Å². The first-order valence-corrected chi connectivity index (χ1v) is 6.06. The van der Waals surface area contributed by atoms with E-state index in [2.05, 4.69) is 0 Å². The third-order valence-electron chi connectivity index (χ3n) is 3.00. The van der Waals surface area contributed by atoms with Crippen LogP contribution in [0.3, 0.4) is 0 Å². The number of ether oxygens (including phenoxy) is 1. The molecule has 4 heteroatoms. The van der Waals surface area contributed by atoms with Crippen LogP contribution in [0.2, 0.25) is 0 Å². The van der Waals surface area contributed by atoms with E-state index in [1.54, 1.807) is 31.4 Å². The molecule has 1 heterocycles. The smallest absolute Gasteiger partial charge is 0.199 e. The molecule has 0 saturated carbocycles. The Hall–Kier alpha value is -1.97. The highest BCUT2D eigenvalue weighted by Crippen LogP contribution is 2.22. The molecule has 2 aromatic rings. The number of fused-ring (bicyclic) bond motifs is 1. The van der Waals surface area contributed by atoms with Crippen molar-refractivity contribution in [3.63, 3.8) is 0 Å². The second kappa shape index (κ2) is 5.12. The SMILES string of the molecule is CCN(CC)c1cc(=O)c2ccc(OC)cc2o1. The monoisotopic (exact) mass is 247 g/mol. The van der Waals surface area contributed by atoms with Gasteiger partial charge < -0.3 is 14.1 Å². The Morgan fingerprint density at radius 3 is 2.56 bits per heavy atom. The molecule has 0 bridgehead atoms. The third-order valence-corrected chi connectivity index (χ3v) is 3.00. The molecule has 0 unspecified atom stereocenters. The minimum Gasteiger partial charge on any atom is -0.497 e. The van der Waals surface area contributed by atoms with Gasteiger partial charge in [0.2, 0.25) is 0 Å². The largest absolute Gasteiger partial charge is 0.497 e. The molecule has 0 atom stereocenters. The maximum absolute atomic E-state index is 12.0. The summed E-state index contributed by atoms with van der Waals surface area (Å²) in [6.45, 7) is 5.66. The lowest BCUT2D eigenvalue weighted by molar-refractivity contribution is 0.414. The van der Waals surface area contributed by atoms with Gasteiger partial charge in [-0.2, -0.15) is 0 Å². The fraction of sp³-hybridized carbons (Fsp3) is 0.357. The van der Waals surface area contributed by atoms with E-state index >= 15 is 0 Å². The van der Waals surface area contributed by atoms with Crippen LogP contribution in [0.25, 0.3) is 11.0 Å². The van der Waals surface area contributed by atoms with Crippen LogP contribution in [0.15, 0.2) is 33.5 Å². The van der Waals surface area contributed by atoms with Crippen molar-refractivity contribution in [1.82, 2.24) is 0 Å². The molecule has 0 aliphatic rings. The number of nitrogens with zero attached hydrogens (tertiary/aromatic N) is 1. The molecule has 0 radical (unpaired) electrons. The van der Waals surface area contributed by atoms with Crippen molar-refractivity contribution in [1.29, 1.82) is 0 Å². The molecular formula is C14H17NO3. The third kappa shape index (κ3) is 2.18. The van der Waals surface area contributed by atoms with Crippen LogP contribution in [-0.2, 0) is 0 Å². The summed E-state index contributed by atoms with van der Waals surface area (Å²) in [6.07, 6.45) is 0. The van der Waals surface area contributed by atoms with Gasteiger partial charge in [-0.25, -0.2) is 0 Å². The lowest BCUT2D eigenvalue weighted by atomic mass is 10.2. The maximum atomic E-state index is 12.0. The average Bonchev–Trinajstić information content (AvgIpc) is 2.39. The van der Waals surface area contributed by atoms with Gasteiger partial charge in [-0.1, -0.05) is 0 Å². The first kappa shape index (κ1) is 12.5. The van der Waals surface area contributed by atoms with Gasteiger partial charge in [0.1, 0.15) is 11.3 Å². The Bertz CT molecular complexity index is 600. The summed E-state index contributed by atoms with van der Waals surface area (Å²) in [7, 11) is 1.59. The summed E-state index contributed by atoms with van der Waals surface area (Å²) in [5.41, 5.74) is 0.532. The first-order valence-electron chi connectivity index (χ1n) is 6.06. The van der Waals surface area contributed by atoms with Crippen molar-refractivity contribution in [3.8, 4) is 5.75 Å². The summed E-state index contributed by atoms with van der Waals surface area (Å²) in [5.74, 6) is 1.29. The highest BCUT2D eigenvalue weighted by molar-refractivity contribution is 5.79. The number of rotatable bonds is 4. The number of anilines is 1. The van der Waals surface area contributed by atoms with E-state index in [0.717, 1.165) is 13.1 Å². The van der Waals surface area contributed by atoms with Gasteiger partial charge in [-0.05, 0) is 26.0 Å². The van der Waals surface area contributed by atoms with Crippen molar-refractivity contribution in [2.75, 3.05) is 25.1 Å². The summed E-state index contributed by atoms with van der Waals surface area (Å²) in [5, 5.41) is 0.576. The fourth-order valence-electron chi connectivity index (χ4n) is 1.94. The molecule has 4 nitrogen and oxygen atoms in total. The van der Waals surface area contributed by atoms with Gasteiger partial charge >= 0.3 is 0 Å². The molecule has 96 valence electrons. The van der Waals surface area contributed by atoms with Crippen molar-refractivity contribution in [3.05, 3.63) is 34.5 Å². The Labute approximate surface area is 106 Å². The quantitative estimate of drug-likeness (QED) is 0.833. The topological polar surface area (TPSA) is 42.7 Å². The minimum atomic E-state index is -0.0270. The molecule has 18 heavy (non-hydrogen) atoms. The molecule has 0 amide bonds. The van der Waals surface area contributed by atoms with Gasteiger partial charge in [-0.15, -0.1) is 0 Å². The Kier molecular flexibility index (Phi) is 3.55. The summed E-state index contributed by atoms with van der Waals surface area (Å²) >= 11 is 0. The van der Waals surface area contributed by atoms with Gasteiger partial charge in [0.25, 0.3) is 0 Å². The predicted molar refractivity (Wildman–Crippen MR) is 72.6 cm³/mol. The molecule has 1 aromatic heterocycles. The second-order valence-corrected chi connectivity index (χ2v) is 3.98. The number of hydrogen-bond acceptors (Lipinski definition) is 4.